The smallest absolute Gasteiger partial charge is 0.0229 e. The number of likely N-dealkylation sites (N-methyl/N-ethyl adjacent to an activating group) is 1. The van der Waals surface area contributed by atoms with Gasteiger partial charge in [0.1, 0.15) is 0 Å². The molecule has 1 N–H and O–H groups in total. The van der Waals surface area contributed by atoms with Crippen molar-refractivity contribution in [2.24, 2.45) is 0 Å². The zero-order valence-electron chi connectivity index (χ0n) is 9.21. The Morgan fingerprint density at radius 3 is 2.54 bits per heavy atom. The summed E-state index contributed by atoms with van der Waals surface area (Å²) in [7, 11) is 6.52. The highest BCUT2D eigenvalue weighted by Gasteiger charge is 2.18. The molecule has 0 amide bonds. The van der Waals surface area contributed by atoms with E-state index < -0.39 is 0 Å². The van der Waals surface area contributed by atoms with E-state index in [1.165, 1.54) is 39.0 Å². The van der Waals surface area contributed by atoms with E-state index in [9.17, 15) is 0 Å². The first-order valence-electron chi connectivity index (χ1n) is 5.26. The fourth-order valence-electron chi connectivity index (χ4n) is 1.83. The third-order valence-electron chi connectivity index (χ3n) is 2.77. The highest BCUT2D eigenvalue weighted by atomic mass is 15.2. The van der Waals surface area contributed by atoms with Gasteiger partial charge >= 0.3 is 0 Å². The third-order valence-corrected chi connectivity index (χ3v) is 2.77. The maximum absolute atomic E-state index is 3.40. The van der Waals surface area contributed by atoms with Crippen LogP contribution in [0.1, 0.15) is 12.8 Å². The monoisotopic (exact) mass is 185 g/mol. The van der Waals surface area contributed by atoms with Crippen LogP contribution >= 0.6 is 0 Å². The van der Waals surface area contributed by atoms with Crippen molar-refractivity contribution in [2.45, 2.75) is 18.9 Å². The lowest BCUT2D eigenvalue weighted by molar-refractivity contribution is 0.241. The van der Waals surface area contributed by atoms with Crippen molar-refractivity contribution in [1.29, 1.82) is 0 Å². The first-order chi connectivity index (χ1) is 6.20. The Hall–Kier alpha value is -0.120. The molecule has 3 heteroatoms. The van der Waals surface area contributed by atoms with Gasteiger partial charge in [0.2, 0.25) is 0 Å². The Balaban J connectivity index is 2.06. The molecular weight excluding hydrogens is 162 g/mol. The predicted octanol–water partition coefficient (Wildman–Crippen LogP) is 0.232. The van der Waals surface area contributed by atoms with E-state index in [0.29, 0.717) is 0 Å². The van der Waals surface area contributed by atoms with Crippen molar-refractivity contribution in [3.05, 3.63) is 0 Å². The minimum absolute atomic E-state index is 0.780. The zero-order valence-corrected chi connectivity index (χ0v) is 9.21. The summed E-state index contributed by atoms with van der Waals surface area (Å²) in [4.78, 5) is 4.74. The molecule has 1 saturated heterocycles. The second-order valence-electron chi connectivity index (χ2n) is 4.28. The normalized spacial score (nSPS) is 23.3. The SMILES string of the molecule is CN(C)CCCN(C)[C@@H]1CCNC1. The van der Waals surface area contributed by atoms with Gasteiger partial charge in [-0.15, -0.1) is 0 Å². The van der Waals surface area contributed by atoms with Crippen molar-refractivity contribution in [1.82, 2.24) is 15.1 Å². The lowest BCUT2D eigenvalue weighted by Gasteiger charge is -2.23. The van der Waals surface area contributed by atoms with Crippen molar-refractivity contribution in [3.8, 4) is 0 Å². The molecule has 0 spiro atoms. The van der Waals surface area contributed by atoms with Crippen molar-refractivity contribution >= 4 is 0 Å². The van der Waals surface area contributed by atoms with Gasteiger partial charge in [-0.3, -0.25) is 0 Å². The summed E-state index contributed by atoms with van der Waals surface area (Å²) >= 11 is 0. The predicted molar refractivity (Wildman–Crippen MR) is 57.1 cm³/mol. The molecule has 1 fully saturated rings. The van der Waals surface area contributed by atoms with Crippen molar-refractivity contribution < 1.29 is 0 Å². The molecule has 3 nitrogen and oxygen atoms in total. The third kappa shape index (κ3) is 4.07. The average molecular weight is 185 g/mol. The molecule has 0 aromatic rings. The molecule has 0 aliphatic carbocycles. The van der Waals surface area contributed by atoms with Crippen LogP contribution in [0.5, 0.6) is 0 Å². The summed E-state index contributed by atoms with van der Waals surface area (Å²) in [5.41, 5.74) is 0. The summed E-state index contributed by atoms with van der Waals surface area (Å²) < 4.78 is 0. The van der Waals surface area contributed by atoms with E-state index in [-0.39, 0.29) is 0 Å². The second kappa shape index (κ2) is 5.58. The van der Waals surface area contributed by atoms with Crippen LogP contribution in [0.3, 0.4) is 0 Å². The number of hydrogen-bond acceptors (Lipinski definition) is 3. The van der Waals surface area contributed by atoms with Gasteiger partial charge in [0.15, 0.2) is 0 Å². The number of nitrogens with zero attached hydrogens (tertiary/aromatic N) is 2. The molecule has 0 saturated carbocycles. The van der Waals surface area contributed by atoms with E-state index in [1.807, 2.05) is 0 Å². The molecule has 0 aromatic heterocycles. The average Bonchev–Trinajstić information content (AvgIpc) is 2.55. The summed E-state index contributed by atoms with van der Waals surface area (Å²) in [5.74, 6) is 0. The molecule has 78 valence electrons. The lowest BCUT2D eigenvalue weighted by atomic mass is 10.2. The minimum Gasteiger partial charge on any atom is -0.315 e. The maximum atomic E-state index is 3.40. The lowest BCUT2D eigenvalue weighted by Crippen LogP contribution is -2.35. The van der Waals surface area contributed by atoms with E-state index >= 15 is 0 Å². The molecule has 1 aliphatic rings. The molecule has 1 atom stereocenters. The van der Waals surface area contributed by atoms with Crippen LogP contribution in [0.4, 0.5) is 0 Å². The summed E-state index contributed by atoms with van der Waals surface area (Å²) in [5, 5.41) is 3.40. The van der Waals surface area contributed by atoms with Crippen LogP contribution in [0, 0.1) is 0 Å². The molecule has 1 heterocycles. The van der Waals surface area contributed by atoms with Crippen LogP contribution in [0.15, 0.2) is 0 Å². The molecule has 0 radical (unpaired) electrons. The Kier molecular flexibility index (Phi) is 4.70. The molecule has 1 aliphatic heterocycles. The Labute approximate surface area is 82.1 Å². The van der Waals surface area contributed by atoms with Crippen LogP contribution in [0.25, 0.3) is 0 Å². The van der Waals surface area contributed by atoms with Crippen molar-refractivity contribution in [2.75, 3.05) is 47.3 Å². The summed E-state index contributed by atoms with van der Waals surface area (Å²) in [6.45, 7) is 4.80. The topological polar surface area (TPSA) is 18.5 Å². The second-order valence-corrected chi connectivity index (χ2v) is 4.28. The van der Waals surface area contributed by atoms with Gasteiger partial charge in [0.05, 0.1) is 0 Å². The zero-order chi connectivity index (χ0) is 9.68. The molecule has 0 unspecified atom stereocenters. The standard InChI is InChI=1S/C10H23N3/c1-12(2)7-4-8-13(3)10-5-6-11-9-10/h10-11H,4-9H2,1-3H3/t10-/m1/s1. The highest BCUT2D eigenvalue weighted by molar-refractivity contribution is 4.78. The van der Waals surface area contributed by atoms with Gasteiger partial charge in [-0.1, -0.05) is 0 Å². The van der Waals surface area contributed by atoms with Crippen LogP contribution < -0.4 is 5.32 Å². The van der Waals surface area contributed by atoms with E-state index in [2.05, 4.69) is 36.3 Å². The highest BCUT2D eigenvalue weighted by Crippen LogP contribution is 2.06. The number of rotatable bonds is 5. The fraction of sp³-hybridized carbons (Fsp3) is 1.00. The van der Waals surface area contributed by atoms with Gasteiger partial charge in [0, 0.05) is 12.6 Å². The van der Waals surface area contributed by atoms with E-state index in [4.69, 9.17) is 0 Å². The summed E-state index contributed by atoms with van der Waals surface area (Å²) in [6, 6.07) is 0.780. The molecule has 13 heavy (non-hydrogen) atoms. The fourth-order valence-corrected chi connectivity index (χ4v) is 1.83. The Bertz CT molecular complexity index is 130. The first kappa shape index (κ1) is 11.0. The Morgan fingerprint density at radius 2 is 2.00 bits per heavy atom. The van der Waals surface area contributed by atoms with Gasteiger partial charge in [-0.2, -0.15) is 0 Å². The van der Waals surface area contributed by atoms with Gasteiger partial charge in [-0.05, 0) is 53.6 Å². The largest absolute Gasteiger partial charge is 0.315 e. The molecular formula is C10H23N3. The van der Waals surface area contributed by atoms with Gasteiger partial charge < -0.3 is 15.1 Å². The van der Waals surface area contributed by atoms with Crippen LogP contribution in [-0.2, 0) is 0 Å². The van der Waals surface area contributed by atoms with Crippen LogP contribution in [-0.4, -0.2) is 63.2 Å². The van der Waals surface area contributed by atoms with E-state index in [0.717, 1.165) is 6.04 Å². The quantitative estimate of drug-likeness (QED) is 0.661. The van der Waals surface area contributed by atoms with Gasteiger partial charge in [-0.25, -0.2) is 0 Å². The molecule has 0 aromatic carbocycles. The van der Waals surface area contributed by atoms with Crippen LogP contribution in [0.2, 0.25) is 0 Å². The van der Waals surface area contributed by atoms with Crippen molar-refractivity contribution in [3.63, 3.8) is 0 Å². The number of nitrogens with one attached hydrogen (secondary N) is 1. The molecule has 0 bridgehead atoms. The Morgan fingerprint density at radius 1 is 1.23 bits per heavy atom. The maximum Gasteiger partial charge on any atom is 0.0229 e. The number of hydrogen-bond donors (Lipinski definition) is 1. The van der Waals surface area contributed by atoms with Gasteiger partial charge in [0.25, 0.3) is 0 Å². The molecule has 1 rings (SSSR count). The van der Waals surface area contributed by atoms with E-state index in [1.54, 1.807) is 0 Å². The first-order valence-corrected chi connectivity index (χ1v) is 5.26. The minimum atomic E-state index is 0.780. The summed E-state index contributed by atoms with van der Waals surface area (Å²) in [6.07, 6.45) is 2.60.